The van der Waals surface area contributed by atoms with Gasteiger partial charge in [0.1, 0.15) is 0 Å². The molecule has 0 bridgehead atoms. The molecule has 0 amide bonds. The standard InChI is InChI=1S/C9H20O2Si/c1-5-8-9-12(4,10-6-2)11-7-3/h8-9H,5-7H2,1-4H3/b9-8+. The van der Waals surface area contributed by atoms with E-state index < -0.39 is 8.56 Å². The van der Waals surface area contributed by atoms with Crippen LogP contribution < -0.4 is 0 Å². The van der Waals surface area contributed by atoms with Gasteiger partial charge in [0, 0.05) is 13.2 Å². The lowest BCUT2D eigenvalue weighted by molar-refractivity contribution is 0.201. The van der Waals surface area contributed by atoms with Crippen molar-refractivity contribution in [1.82, 2.24) is 0 Å². The summed E-state index contributed by atoms with van der Waals surface area (Å²) in [7, 11) is -1.95. The molecule has 0 atom stereocenters. The molecule has 0 N–H and O–H groups in total. The summed E-state index contributed by atoms with van der Waals surface area (Å²) in [5.74, 6) is 0. The van der Waals surface area contributed by atoms with E-state index in [1.807, 2.05) is 13.8 Å². The molecule has 0 heterocycles. The average molecular weight is 188 g/mol. The third-order valence-electron chi connectivity index (χ3n) is 1.52. The second-order valence-corrected chi connectivity index (χ2v) is 5.64. The fourth-order valence-corrected chi connectivity index (χ4v) is 3.13. The second kappa shape index (κ2) is 6.40. The average Bonchev–Trinajstić information content (AvgIpc) is 2.02. The first-order chi connectivity index (χ1) is 5.68. The Kier molecular flexibility index (Phi) is 6.33. The molecule has 0 saturated carbocycles. The molecule has 0 saturated heterocycles. The van der Waals surface area contributed by atoms with Crippen LogP contribution in [0.3, 0.4) is 0 Å². The molecule has 0 fully saturated rings. The highest BCUT2D eigenvalue weighted by atomic mass is 28.4. The van der Waals surface area contributed by atoms with Crippen molar-refractivity contribution in [3.05, 3.63) is 11.8 Å². The van der Waals surface area contributed by atoms with Crippen LogP contribution in [0.1, 0.15) is 27.2 Å². The van der Waals surface area contributed by atoms with E-state index in [0.29, 0.717) is 0 Å². The molecule has 0 aliphatic rings. The van der Waals surface area contributed by atoms with Gasteiger partial charge in [-0.1, -0.05) is 13.0 Å². The first-order valence-corrected chi connectivity index (χ1v) is 7.03. The second-order valence-electron chi connectivity index (χ2n) is 2.69. The topological polar surface area (TPSA) is 18.5 Å². The smallest absolute Gasteiger partial charge is 0.361 e. The minimum Gasteiger partial charge on any atom is -0.392 e. The van der Waals surface area contributed by atoms with E-state index in [4.69, 9.17) is 8.85 Å². The number of hydrogen-bond donors (Lipinski definition) is 0. The zero-order chi connectivity index (χ0) is 9.45. The van der Waals surface area contributed by atoms with E-state index >= 15 is 0 Å². The molecule has 0 aromatic rings. The van der Waals surface area contributed by atoms with Crippen molar-refractivity contribution < 1.29 is 8.85 Å². The van der Waals surface area contributed by atoms with Gasteiger partial charge in [0.25, 0.3) is 0 Å². The summed E-state index contributed by atoms with van der Waals surface area (Å²) in [6, 6.07) is 0. The molecule has 72 valence electrons. The summed E-state index contributed by atoms with van der Waals surface area (Å²) in [6.45, 7) is 9.66. The highest BCUT2D eigenvalue weighted by Gasteiger charge is 2.26. The van der Waals surface area contributed by atoms with Crippen LogP contribution in [0.15, 0.2) is 11.8 Å². The summed E-state index contributed by atoms with van der Waals surface area (Å²) in [6.07, 6.45) is 3.17. The maximum atomic E-state index is 5.60. The Morgan fingerprint density at radius 1 is 1.08 bits per heavy atom. The highest BCUT2D eigenvalue weighted by molar-refractivity contribution is 6.71. The monoisotopic (exact) mass is 188 g/mol. The van der Waals surface area contributed by atoms with Crippen LogP contribution in [0.5, 0.6) is 0 Å². The first kappa shape index (κ1) is 11.9. The van der Waals surface area contributed by atoms with Crippen LogP contribution in [0.4, 0.5) is 0 Å². The van der Waals surface area contributed by atoms with Crippen LogP contribution in [0, 0.1) is 0 Å². The number of rotatable bonds is 6. The van der Waals surface area contributed by atoms with Gasteiger partial charge in [-0.25, -0.2) is 0 Å². The Morgan fingerprint density at radius 2 is 1.58 bits per heavy atom. The molecule has 0 unspecified atom stereocenters. The summed E-state index contributed by atoms with van der Waals surface area (Å²) < 4.78 is 11.2. The summed E-state index contributed by atoms with van der Waals surface area (Å²) in [5.41, 5.74) is 2.11. The van der Waals surface area contributed by atoms with Gasteiger partial charge in [-0.2, -0.15) is 0 Å². The van der Waals surface area contributed by atoms with Crippen molar-refractivity contribution in [3.63, 3.8) is 0 Å². The molecule has 2 nitrogen and oxygen atoms in total. The lowest BCUT2D eigenvalue weighted by atomic mass is 10.5. The van der Waals surface area contributed by atoms with Gasteiger partial charge in [-0.3, -0.25) is 0 Å². The molecule has 0 aromatic carbocycles. The lowest BCUT2D eigenvalue weighted by Gasteiger charge is -2.21. The SMILES string of the molecule is CC/C=C/[Si](C)(OCC)OCC. The lowest BCUT2D eigenvalue weighted by Crippen LogP contribution is -2.36. The van der Waals surface area contributed by atoms with Crippen molar-refractivity contribution in [3.8, 4) is 0 Å². The van der Waals surface area contributed by atoms with E-state index in [1.165, 1.54) is 0 Å². The largest absolute Gasteiger partial charge is 0.392 e. The predicted octanol–water partition coefficient (Wildman–Crippen LogP) is 2.64. The first-order valence-electron chi connectivity index (χ1n) is 4.64. The van der Waals surface area contributed by atoms with E-state index in [2.05, 4.69) is 25.2 Å². The highest BCUT2D eigenvalue weighted by Crippen LogP contribution is 2.09. The normalized spacial score (nSPS) is 12.7. The Morgan fingerprint density at radius 3 is 1.92 bits per heavy atom. The molecule has 0 radical (unpaired) electrons. The fourth-order valence-electron chi connectivity index (χ4n) is 1.04. The predicted molar refractivity (Wildman–Crippen MR) is 54.3 cm³/mol. The molecule has 0 aliphatic carbocycles. The van der Waals surface area contributed by atoms with Crippen molar-refractivity contribution >= 4 is 8.56 Å². The zero-order valence-electron chi connectivity index (χ0n) is 8.59. The molecular formula is C9H20O2Si. The summed E-state index contributed by atoms with van der Waals surface area (Å²) >= 11 is 0. The quantitative estimate of drug-likeness (QED) is 0.597. The maximum Gasteiger partial charge on any atom is 0.361 e. The Hall–Kier alpha value is -0.123. The van der Waals surface area contributed by atoms with E-state index in [0.717, 1.165) is 19.6 Å². The van der Waals surface area contributed by atoms with Crippen LogP contribution in [0.25, 0.3) is 0 Å². The van der Waals surface area contributed by atoms with Crippen LogP contribution in [-0.4, -0.2) is 21.8 Å². The van der Waals surface area contributed by atoms with Crippen LogP contribution >= 0.6 is 0 Å². The van der Waals surface area contributed by atoms with Gasteiger partial charge in [-0.05, 0) is 32.5 Å². The van der Waals surface area contributed by atoms with Crippen molar-refractivity contribution in [2.75, 3.05) is 13.2 Å². The van der Waals surface area contributed by atoms with E-state index in [1.54, 1.807) is 0 Å². The molecule has 12 heavy (non-hydrogen) atoms. The zero-order valence-corrected chi connectivity index (χ0v) is 9.59. The third kappa shape index (κ3) is 4.69. The molecule has 0 aliphatic heterocycles. The third-order valence-corrected chi connectivity index (χ3v) is 4.08. The molecule has 0 rings (SSSR count). The molecule has 0 spiro atoms. The Labute approximate surface area is 76.8 Å². The maximum absolute atomic E-state index is 5.60. The molecular weight excluding hydrogens is 168 g/mol. The summed E-state index contributed by atoms with van der Waals surface area (Å²) in [4.78, 5) is 0. The van der Waals surface area contributed by atoms with Gasteiger partial charge >= 0.3 is 8.56 Å². The number of allylic oxidation sites excluding steroid dienone is 1. The van der Waals surface area contributed by atoms with Gasteiger partial charge in [0.15, 0.2) is 0 Å². The minimum atomic E-state index is -1.95. The number of hydrogen-bond acceptors (Lipinski definition) is 2. The van der Waals surface area contributed by atoms with Gasteiger partial charge in [0.05, 0.1) is 0 Å². The molecule has 0 aromatic heterocycles. The van der Waals surface area contributed by atoms with Crippen LogP contribution in [0.2, 0.25) is 6.55 Å². The molecule has 3 heteroatoms. The minimum absolute atomic E-state index is 0.733. The van der Waals surface area contributed by atoms with E-state index in [-0.39, 0.29) is 0 Å². The summed E-state index contributed by atoms with van der Waals surface area (Å²) in [5, 5.41) is 0. The Balaban J connectivity index is 4.06. The van der Waals surface area contributed by atoms with Crippen molar-refractivity contribution in [2.24, 2.45) is 0 Å². The Bertz CT molecular complexity index is 128. The van der Waals surface area contributed by atoms with Gasteiger partial charge in [-0.15, -0.1) is 0 Å². The van der Waals surface area contributed by atoms with E-state index in [9.17, 15) is 0 Å². The van der Waals surface area contributed by atoms with Crippen LogP contribution in [-0.2, 0) is 8.85 Å². The van der Waals surface area contributed by atoms with Crippen molar-refractivity contribution in [1.29, 1.82) is 0 Å². The van der Waals surface area contributed by atoms with Gasteiger partial charge in [0.2, 0.25) is 0 Å². The van der Waals surface area contributed by atoms with Crippen molar-refractivity contribution in [2.45, 2.75) is 33.7 Å². The fraction of sp³-hybridized carbons (Fsp3) is 0.778. The van der Waals surface area contributed by atoms with Gasteiger partial charge < -0.3 is 8.85 Å².